The fraction of sp³-hybridized carbons (Fsp3) is 0.909. The van der Waals surface area contributed by atoms with Crippen LogP contribution in [-0.4, -0.2) is 47.3 Å². The van der Waals surface area contributed by atoms with Crippen molar-refractivity contribution in [3.8, 4) is 0 Å². The van der Waals surface area contributed by atoms with Crippen molar-refractivity contribution in [2.45, 2.75) is 25.7 Å². The van der Waals surface area contributed by atoms with Gasteiger partial charge in [0.2, 0.25) is 0 Å². The second kappa shape index (κ2) is 4.59. The van der Waals surface area contributed by atoms with Gasteiger partial charge in [0.05, 0.1) is 6.54 Å². The minimum atomic E-state index is 0.256. The molecule has 1 saturated carbocycles. The van der Waals surface area contributed by atoms with Crippen molar-refractivity contribution in [1.82, 2.24) is 4.90 Å². The number of aliphatic hydroxyl groups is 1. The number of amidine groups is 1. The summed E-state index contributed by atoms with van der Waals surface area (Å²) in [5.74, 6) is 0.619. The van der Waals surface area contributed by atoms with Crippen molar-refractivity contribution in [3.63, 3.8) is 0 Å². The Bertz CT molecular complexity index is 274. The molecule has 2 fully saturated rings. The topological polar surface area (TPSA) is 82.1 Å². The summed E-state index contributed by atoms with van der Waals surface area (Å²) in [5, 5.41) is 21.0. The Morgan fingerprint density at radius 1 is 1.44 bits per heavy atom. The summed E-state index contributed by atoms with van der Waals surface area (Å²) in [6.07, 6.45) is 4.97. The lowest BCUT2D eigenvalue weighted by atomic mass is 9.77. The summed E-state index contributed by atoms with van der Waals surface area (Å²) in [6.45, 7) is 2.61. The van der Waals surface area contributed by atoms with E-state index in [0.717, 1.165) is 13.1 Å². The van der Waals surface area contributed by atoms with E-state index in [9.17, 15) is 5.11 Å². The molecule has 0 radical (unpaired) electrons. The molecule has 92 valence electrons. The Balaban J connectivity index is 2.01. The van der Waals surface area contributed by atoms with Gasteiger partial charge in [0.15, 0.2) is 5.84 Å². The number of hydrogen-bond donors (Lipinski definition) is 3. The maximum absolute atomic E-state index is 9.46. The van der Waals surface area contributed by atoms with Crippen molar-refractivity contribution in [2.75, 3.05) is 26.2 Å². The molecule has 0 bridgehead atoms. The molecule has 1 atom stereocenters. The van der Waals surface area contributed by atoms with Gasteiger partial charge in [-0.2, -0.15) is 0 Å². The Hall–Kier alpha value is -0.810. The quantitative estimate of drug-likeness (QED) is 0.279. The van der Waals surface area contributed by atoms with E-state index in [4.69, 9.17) is 10.9 Å². The van der Waals surface area contributed by atoms with Crippen LogP contribution in [0.1, 0.15) is 25.7 Å². The van der Waals surface area contributed by atoms with Gasteiger partial charge in [0.25, 0.3) is 0 Å². The zero-order valence-corrected chi connectivity index (χ0v) is 9.60. The molecule has 1 aliphatic heterocycles. The molecule has 0 unspecified atom stereocenters. The lowest BCUT2D eigenvalue weighted by Gasteiger charge is -2.28. The molecule has 2 rings (SSSR count). The zero-order valence-electron chi connectivity index (χ0n) is 9.60. The first-order chi connectivity index (χ1) is 7.70. The lowest BCUT2D eigenvalue weighted by Crippen LogP contribution is -2.33. The normalized spacial score (nSPS) is 30.3. The van der Waals surface area contributed by atoms with Crippen LogP contribution in [0.5, 0.6) is 0 Å². The Kier molecular flexibility index (Phi) is 3.35. The predicted molar refractivity (Wildman–Crippen MR) is 61.3 cm³/mol. The van der Waals surface area contributed by atoms with Crippen molar-refractivity contribution in [1.29, 1.82) is 0 Å². The number of oxime groups is 1. The summed E-state index contributed by atoms with van der Waals surface area (Å²) in [7, 11) is 0. The third-order valence-electron chi connectivity index (χ3n) is 4.22. The summed E-state index contributed by atoms with van der Waals surface area (Å²) in [6, 6.07) is 0. The fourth-order valence-corrected chi connectivity index (χ4v) is 3.42. The molecule has 5 heteroatoms. The molecule has 5 nitrogen and oxygen atoms in total. The van der Waals surface area contributed by atoms with Crippen LogP contribution in [0.2, 0.25) is 0 Å². The van der Waals surface area contributed by atoms with E-state index in [-0.39, 0.29) is 12.4 Å². The second-order valence-electron chi connectivity index (χ2n) is 5.21. The van der Waals surface area contributed by atoms with Gasteiger partial charge in [-0.05, 0) is 18.3 Å². The molecule has 0 amide bonds. The van der Waals surface area contributed by atoms with Crippen LogP contribution in [0, 0.1) is 11.3 Å². The lowest BCUT2D eigenvalue weighted by molar-refractivity contribution is 0.137. The standard InChI is InChI=1S/C11H21N3O2/c12-10(13-16)6-14-5-9(7-15)11(8-14)3-1-2-4-11/h9,15-16H,1-8H2,(H2,12,13)/t9-/m0/s1. The number of hydrogen-bond acceptors (Lipinski definition) is 4. The summed E-state index contributed by atoms with van der Waals surface area (Å²) < 4.78 is 0. The number of nitrogens with zero attached hydrogens (tertiary/aromatic N) is 2. The van der Waals surface area contributed by atoms with Crippen molar-refractivity contribution < 1.29 is 10.3 Å². The maximum Gasteiger partial charge on any atom is 0.153 e. The summed E-state index contributed by atoms with van der Waals surface area (Å²) in [4.78, 5) is 2.20. The highest BCUT2D eigenvalue weighted by atomic mass is 16.4. The molecule has 1 aliphatic carbocycles. The van der Waals surface area contributed by atoms with Crippen LogP contribution < -0.4 is 5.73 Å². The molecule has 0 aromatic carbocycles. The molecule has 2 aliphatic rings. The van der Waals surface area contributed by atoms with E-state index in [1.165, 1.54) is 25.7 Å². The van der Waals surface area contributed by atoms with E-state index in [1.54, 1.807) is 0 Å². The Labute approximate surface area is 95.9 Å². The molecule has 16 heavy (non-hydrogen) atoms. The van der Waals surface area contributed by atoms with Crippen molar-refractivity contribution in [2.24, 2.45) is 22.2 Å². The highest BCUT2D eigenvalue weighted by Gasteiger charge is 2.47. The number of likely N-dealkylation sites (tertiary alicyclic amines) is 1. The number of aliphatic hydroxyl groups excluding tert-OH is 1. The molecule has 1 spiro atoms. The maximum atomic E-state index is 9.46. The van der Waals surface area contributed by atoms with Crippen molar-refractivity contribution >= 4 is 5.84 Å². The monoisotopic (exact) mass is 227 g/mol. The van der Waals surface area contributed by atoms with Gasteiger partial charge in [0, 0.05) is 25.6 Å². The van der Waals surface area contributed by atoms with E-state index >= 15 is 0 Å². The van der Waals surface area contributed by atoms with E-state index < -0.39 is 0 Å². The van der Waals surface area contributed by atoms with Gasteiger partial charge in [-0.3, -0.25) is 4.90 Å². The third-order valence-corrected chi connectivity index (χ3v) is 4.22. The SMILES string of the molecule is NC(CN1C[C@@H](CO)C2(CCCC2)C1)=NO. The Morgan fingerprint density at radius 2 is 2.12 bits per heavy atom. The molecular formula is C11H21N3O2. The average Bonchev–Trinajstić information content (AvgIpc) is 2.87. The molecule has 1 heterocycles. The summed E-state index contributed by atoms with van der Waals surface area (Å²) in [5.41, 5.74) is 5.82. The minimum Gasteiger partial charge on any atom is -0.409 e. The molecule has 4 N–H and O–H groups in total. The smallest absolute Gasteiger partial charge is 0.153 e. The first-order valence-electron chi connectivity index (χ1n) is 6.00. The number of nitrogens with two attached hydrogens (primary N) is 1. The highest BCUT2D eigenvalue weighted by Crippen LogP contribution is 2.48. The Morgan fingerprint density at radius 3 is 2.69 bits per heavy atom. The van der Waals surface area contributed by atoms with Gasteiger partial charge in [0.1, 0.15) is 0 Å². The minimum absolute atomic E-state index is 0.256. The molecular weight excluding hydrogens is 206 g/mol. The van der Waals surface area contributed by atoms with Crippen LogP contribution in [0.3, 0.4) is 0 Å². The first kappa shape index (κ1) is 11.7. The second-order valence-corrected chi connectivity index (χ2v) is 5.21. The molecule has 0 aromatic rings. The van der Waals surface area contributed by atoms with Gasteiger partial charge in [-0.15, -0.1) is 0 Å². The third kappa shape index (κ3) is 2.01. The van der Waals surface area contributed by atoms with Crippen LogP contribution in [-0.2, 0) is 0 Å². The molecule has 0 aromatic heterocycles. The van der Waals surface area contributed by atoms with Gasteiger partial charge in [-0.25, -0.2) is 0 Å². The zero-order chi connectivity index (χ0) is 11.6. The number of rotatable bonds is 3. The fourth-order valence-electron chi connectivity index (χ4n) is 3.42. The largest absolute Gasteiger partial charge is 0.409 e. The van der Waals surface area contributed by atoms with E-state index in [1.807, 2.05) is 0 Å². The first-order valence-corrected chi connectivity index (χ1v) is 6.00. The molecule has 1 saturated heterocycles. The highest BCUT2D eigenvalue weighted by molar-refractivity contribution is 5.81. The van der Waals surface area contributed by atoms with Gasteiger partial charge >= 0.3 is 0 Å². The summed E-state index contributed by atoms with van der Waals surface area (Å²) >= 11 is 0. The van der Waals surface area contributed by atoms with E-state index in [0.29, 0.717) is 17.9 Å². The van der Waals surface area contributed by atoms with Gasteiger partial charge < -0.3 is 16.0 Å². The van der Waals surface area contributed by atoms with Crippen LogP contribution in [0.4, 0.5) is 0 Å². The van der Waals surface area contributed by atoms with Crippen molar-refractivity contribution in [3.05, 3.63) is 0 Å². The van der Waals surface area contributed by atoms with Crippen LogP contribution in [0.25, 0.3) is 0 Å². The van der Waals surface area contributed by atoms with Gasteiger partial charge in [-0.1, -0.05) is 18.0 Å². The average molecular weight is 227 g/mol. The van der Waals surface area contributed by atoms with Crippen LogP contribution in [0.15, 0.2) is 5.16 Å². The van der Waals surface area contributed by atoms with E-state index in [2.05, 4.69) is 10.1 Å². The van der Waals surface area contributed by atoms with Crippen LogP contribution >= 0.6 is 0 Å². The predicted octanol–water partition coefficient (Wildman–Crippen LogP) is 0.217.